The van der Waals surface area contributed by atoms with E-state index in [9.17, 15) is 4.39 Å². The Morgan fingerprint density at radius 3 is 2.67 bits per heavy atom. The summed E-state index contributed by atoms with van der Waals surface area (Å²) in [6.07, 6.45) is 1.28. The molecule has 0 aromatic heterocycles. The molecule has 3 fully saturated rings. The van der Waals surface area contributed by atoms with Crippen molar-refractivity contribution in [3.05, 3.63) is 30.1 Å². The lowest BCUT2D eigenvalue weighted by atomic mass is 9.73. The Morgan fingerprint density at radius 2 is 1.94 bits per heavy atom. The molecule has 3 saturated heterocycles. The number of anilines is 1. The molecule has 1 aromatic rings. The summed E-state index contributed by atoms with van der Waals surface area (Å²) < 4.78 is 13.0. The molecule has 4 rings (SSSR count). The van der Waals surface area contributed by atoms with Gasteiger partial charge in [0, 0.05) is 24.8 Å². The topological polar surface area (TPSA) is 15.3 Å². The molecule has 1 aromatic carbocycles. The number of hydrogen-bond acceptors (Lipinski definition) is 2. The standard InChI is InChI=1S/C15H21FN2/c1-15(2)7-11-8-17-9-14(15)18(10-11)13-5-3-12(16)4-6-13/h3-6,11,14,17H,7-10H2,1-2H3. The number of benzene rings is 1. The Hall–Kier alpha value is -1.09. The Balaban J connectivity index is 1.94. The average molecular weight is 248 g/mol. The number of hydrogen-bond donors (Lipinski definition) is 1. The van der Waals surface area contributed by atoms with Crippen LogP contribution in [0.25, 0.3) is 0 Å². The minimum absolute atomic E-state index is 0.156. The van der Waals surface area contributed by atoms with Crippen molar-refractivity contribution in [2.45, 2.75) is 26.3 Å². The molecular formula is C15H21FN2. The average Bonchev–Trinajstić information content (AvgIpc) is 2.59. The zero-order valence-corrected chi connectivity index (χ0v) is 11.1. The first-order chi connectivity index (χ1) is 8.56. The predicted molar refractivity (Wildman–Crippen MR) is 72.3 cm³/mol. The van der Waals surface area contributed by atoms with Crippen LogP contribution in [0.1, 0.15) is 20.3 Å². The van der Waals surface area contributed by atoms with Gasteiger partial charge in [-0.3, -0.25) is 0 Å². The van der Waals surface area contributed by atoms with Crippen molar-refractivity contribution in [3.8, 4) is 0 Å². The van der Waals surface area contributed by atoms with Crippen molar-refractivity contribution < 1.29 is 4.39 Å². The van der Waals surface area contributed by atoms with Crippen LogP contribution in [0.5, 0.6) is 0 Å². The second kappa shape index (κ2) is 4.23. The summed E-state index contributed by atoms with van der Waals surface area (Å²) in [5, 5.41) is 3.56. The van der Waals surface area contributed by atoms with Crippen LogP contribution in [-0.4, -0.2) is 25.7 Å². The van der Waals surface area contributed by atoms with E-state index in [-0.39, 0.29) is 5.82 Å². The Labute approximate surface area is 108 Å². The minimum atomic E-state index is -0.156. The van der Waals surface area contributed by atoms with Gasteiger partial charge in [0.2, 0.25) is 0 Å². The van der Waals surface area contributed by atoms with E-state index in [1.807, 2.05) is 12.1 Å². The molecule has 0 amide bonds. The normalized spacial score (nSPS) is 30.3. The van der Waals surface area contributed by atoms with Crippen molar-refractivity contribution in [1.29, 1.82) is 0 Å². The van der Waals surface area contributed by atoms with Gasteiger partial charge in [0.05, 0.1) is 0 Å². The van der Waals surface area contributed by atoms with Crippen molar-refractivity contribution in [2.24, 2.45) is 11.3 Å². The first-order valence-electron chi connectivity index (χ1n) is 6.79. The van der Waals surface area contributed by atoms with Crippen LogP contribution in [0, 0.1) is 17.2 Å². The van der Waals surface area contributed by atoms with Gasteiger partial charge >= 0.3 is 0 Å². The van der Waals surface area contributed by atoms with Crippen LogP contribution < -0.4 is 10.2 Å². The molecule has 0 radical (unpaired) electrons. The highest BCUT2D eigenvalue weighted by Gasteiger charge is 2.43. The monoisotopic (exact) mass is 248 g/mol. The summed E-state index contributed by atoms with van der Waals surface area (Å²) >= 11 is 0. The van der Waals surface area contributed by atoms with Crippen molar-refractivity contribution >= 4 is 5.69 Å². The lowest BCUT2D eigenvalue weighted by molar-refractivity contribution is 0.192. The largest absolute Gasteiger partial charge is 0.366 e. The van der Waals surface area contributed by atoms with E-state index in [0.29, 0.717) is 17.4 Å². The van der Waals surface area contributed by atoms with Crippen molar-refractivity contribution in [3.63, 3.8) is 0 Å². The molecule has 2 bridgehead atoms. The van der Waals surface area contributed by atoms with Crippen LogP contribution in [0.15, 0.2) is 24.3 Å². The van der Waals surface area contributed by atoms with Gasteiger partial charge in [0.15, 0.2) is 0 Å². The van der Waals surface area contributed by atoms with Gasteiger partial charge < -0.3 is 10.2 Å². The Kier molecular flexibility index (Phi) is 2.81. The van der Waals surface area contributed by atoms with E-state index in [4.69, 9.17) is 0 Å². The zero-order chi connectivity index (χ0) is 12.8. The maximum absolute atomic E-state index is 13.0. The van der Waals surface area contributed by atoms with Crippen molar-refractivity contribution in [2.75, 3.05) is 24.5 Å². The molecule has 2 nitrogen and oxygen atoms in total. The summed E-state index contributed by atoms with van der Waals surface area (Å²) in [5.41, 5.74) is 1.48. The predicted octanol–water partition coefficient (Wildman–Crippen LogP) is 2.65. The van der Waals surface area contributed by atoms with E-state index in [1.165, 1.54) is 6.42 Å². The lowest BCUT2D eigenvalue weighted by Gasteiger charge is -2.48. The van der Waals surface area contributed by atoms with E-state index in [0.717, 1.165) is 25.3 Å². The zero-order valence-electron chi connectivity index (χ0n) is 11.1. The van der Waals surface area contributed by atoms with E-state index >= 15 is 0 Å². The Bertz CT molecular complexity index is 427. The molecule has 98 valence electrons. The molecule has 3 aliphatic rings. The Morgan fingerprint density at radius 1 is 1.22 bits per heavy atom. The molecule has 1 N–H and O–H groups in total. The van der Waals surface area contributed by atoms with Gasteiger partial charge in [0.1, 0.15) is 5.82 Å². The van der Waals surface area contributed by atoms with Crippen LogP contribution in [0.4, 0.5) is 10.1 Å². The van der Waals surface area contributed by atoms with Gasteiger partial charge in [-0.05, 0) is 48.6 Å². The van der Waals surface area contributed by atoms with Gasteiger partial charge in [-0.1, -0.05) is 13.8 Å². The third-order valence-electron chi connectivity index (χ3n) is 4.48. The second-order valence-electron chi connectivity index (χ2n) is 6.36. The smallest absolute Gasteiger partial charge is 0.123 e. The van der Waals surface area contributed by atoms with E-state index in [2.05, 4.69) is 24.1 Å². The summed E-state index contributed by atoms with van der Waals surface area (Å²) in [6, 6.07) is 7.45. The number of nitrogens with one attached hydrogen (secondary N) is 1. The number of nitrogens with zero attached hydrogens (tertiary/aromatic N) is 1. The summed E-state index contributed by atoms with van der Waals surface area (Å²) in [7, 11) is 0. The van der Waals surface area contributed by atoms with Crippen LogP contribution >= 0.6 is 0 Å². The highest BCUT2D eigenvalue weighted by Crippen LogP contribution is 2.41. The molecule has 0 aliphatic carbocycles. The highest BCUT2D eigenvalue weighted by molar-refractivity contribution is 5.49. The number of piperidine rings is 1. The maximum atomic E-state index is 13.0. The number of rotatable bonds is 1. The lowest BCUT2D eigenvalue weighted by Crippen LogP contribution is -2.53. The first-order valence-corrected chi connectivity index (χ1v) is 6.79. The molecular weight excluding hydrogens is 227 g/mol. The molecule has 2 atom stereocenters. The highest BCUT2D eigenvalue weighted by atomic mass is 19.1. The van der Waals surface area contributed by atoms with Crippen LogP contribution in [-0.2, 0) is 0 Å². The van der Waals surface area contributed by atoms with Crippen LogP contribution in [0.3, 0.4) is 0 Å². The van der Waals surface area contributed by atoms with Gasteiger partial charge in [-0.15, -0.1) is 0 Å². The molecule has 2 unspecified atom stereocenters. The van der Waals surface area contributed by atoms with E-state index in [1.54, 1.807) is 12.1 Å². The summed E-state index contributed by atoms with van der Waals surface area (Å²) in [4.78, 5) is 2.47. The minimum Gasteiger partial charge on any atom is -0.366 e. The second-order valence-corrected chi connectivity index (χ2v) is 6.36. The molecule has 0 spiro atoms. The third kappa shape index (κ3) is 2.01. The van der Waals surface area contributed by atoms with Gasteiger partial charge in [-0.25, -0.2) is 4.39 Å². The quantitative estimate of drug-likeness (QED) is 0.822. The molecule has 18 heavy (non-hydrogen) atoms. The molecule has 3 heterocycles. The van der Waals surface area contributed by atoms with Gasteiger partial charge in [0.25, 0.3) is 0 Å². The SMILES string of the molecule is CC1(C)CC2CNCC1N(c1ccc(F)cc1)C2. The fraction of sp³-hybridized carbons (Fsp3) is 0.600. The summed E-state index contributed by atoms with van der Waals surface area (Å²) in [5.74, 6) is 0.542. The fourth-order valence-corrected chi connectivity index (χ4v) is 3.64. The number of halogens is 1. The first kappa shape index (κ1) is 12.0. The molecule has 3 aliphatic heterocycles. The van der Waals surface area contributed by atoms with Gasteiger partial charge in [-0.2, -0.15) is 0 Å². The van der Waals surface area contributed by atoms with Crippen LogP contribution in [0.2, 0.25) is 0 Å². The molecule has 0 saturated carbocycles. The number of fused-ring (bicyclic) bond motifs is 4. The van der Waals surface area contributed by atoms with Crippen molar-refractivity contribution in [1.82, 2.24) is 5.32 Å². The summed E-state index contributed by atoms with van der Waals surface area (Å²) in [6.45, 7) is 7.94. The third-order valence-corrected chi connectivity index (χ3v) is 4.48. The fourth-order valence-electron chi connectivity index (χ4n) is 3.64. The molecule has 3 heteroatoms. The van der Waals surface area contributed by atoms with E-state index < -0.39 is 0 Å². The maximum Gasteiger partial charge on any atom is 0.123 e.